The van der Waals surface area contributed by atoms with Crippen LogP contribution >= 0.6 is 0 Å². The second-order valence-corrected chi connectivity index (χ2v) is 6.34. The lowest BCUT2D eigenvalue weighted by molar-refractivity contribution is 0.261. The van der Waals surface area contributed by atoms with Crippen molar-refractivity contribution in [2.24, 2.45) is 0 Å². The van der Waals surface area contributed by atoms with Crippen molar-refractivity contribution in [1.82, 2.24) is 5.32 Å². The monoisotopic (exact) mass is 271 g/mol. The fraction of sp³-hybridized carbons (Fsp3) is 0.538. The maximum Gasteiger partial charge on any atom is 0.264 e. The Morgan fingerprint density at radius 2 is 1.83 bits per heavy atom. The molecular weight excluding hydrogens is 250 g/mol. The van der Waals surface area contributed by atoms with Crippen LogP contribution < -0.4 is 5.32 Å². The smallest absolute Gasteiger partial charge is 0.264 e. The van der Waals surface area contributed by atoms with E-state index in [-0.39, 0.29) is 18.7 Å². The molecule has 0 spiro atoms. The summed E-state index contributed by atoms with van der Waals surface area (Å²) in [7, 11) is -3.39. The standard InChI is InChI=1S/C13H21NO3S/c1-11(2)14-13(10-17-18(3,15)16)9-12-7-5-4-6-8-12/h4-8,11,13-14H,9-10H2,1-3H3/t13-/m0/s1. The zero-order chi connectivity index (χ0) is 13.6. The van der Waals surface area contributed by atoms with E-state index in [9.17, 15) is 8.42 Å². The van der Waals surface area contributed by atoms with Crippen molar-refractivity contribution < 1.29 is 12.6 Å². The molecule has 0 aliphatic carbocycles. The van der Waals surface area contributed by atoms with Crippen molar-refractivity contribution >= 4 is 10.1 Å². The van der Waals surface area contributed by atoms with Gasteiger partial charge in [-0.05, 0) is 12.0 Å². The summed E-state index contributed by atoms with van der Waals surface area (Å²) in [5.74, 6) is 0. The summed E-state index contributed by atoms with van der Waals surface area (Å²) in [5, 5.41) is 3.31. The normalized spacial score (nSPS) is 13.8. The number of nitrogens with one attached hydrogen (secondary N) is 1. The SMILES string of the molecule is CC(C)N[C@H](COS(C)(=O)=O)Cc1ccccc1. The zero-order valence-electron chi connectivity index (χ0n) is 11.1. The van der Waals surface area contributed by atoms with Gasteiger partial charge in [-0.15, -0.1) is 0 Å². The lowest BCUT2D eigenvalue weighted by atomic mass is 10.1. The van der Waals surface area contributed by atoms with E-state index in [1.54, 1.807) is 0 Å². The first kappa shape index (κ1) is 15.1. The Hall–Kier alpha value is -0.910. The molecule has 0 aliphatic heterocycles. The first-order valence-corrected chi connectivity index (χ1v) is 7.83. The number of hydrogen-bond acceptors (Lipinski definition) is 4. The van der Waals surface area contributed by atoms with E-state index in [1.807, 2.05) is 44.2 Å². The molecule has 0 aromatic heterocycles. The van der Waals surface area contributed by atoms with E-state index in [0.717, 1.165) is 18.2 Å². The summed E-state index contributed by atoms with van der Waals surface area (Å²) in [6.45, 7) is 4.21. The topological polar surface area (TPSA) is 55.4 Å². The van der Waals surface area contributed by atoms with Crippen LogP contribution in [0.3, 0.4) is 0 Å². The van der Waals surface area contributed by atoms with Crippen molar-refractivity contribution in [3.63, 3.8) is 0 Å². The highest BCUT2D eigenvalue weighted by Gasteiger charge is 2.14. The van der Waals surface area contributed by atoms with Crippen LogP contribution in [0, 0.1) is 0 Å². The van der Waals surface area contributed by atoms with E-state index in [1.165, 1.54) is 0 Å². The third-order valence-electron chi connectivity index (χ3n) is 2.38. The van der Waals surface area contributed by atoms with Crippen molar-refractivity contribution in [2.45, 2.75) is 32.4 Å². The van der Waals surface area contributed by atoms with Crippen LogP contribution in [-0.2, 0) is 20.7 Å². The van der Waals surface area contributed by atoms with E-state index < -0.39 is 10.1 Å². The Morgan fingerprint density at radius 1 is 1.22 bits per heavy atom. The second-order valence-electron chi connectivity index (χ2n) is 4.70. The van der Waals surface area contributed by atoms with Gasteiger partial charge in [0.25, 0.3) is 10.1 Å². The molecule has 0 radical (unpaired) electrons. The minimum Gasteiger partial charge on any atom is -0.309 e. The van der Waals surface area contributed by atoms with Crippen LogP contribution in [0.15, 0.2) is 30.3 Å². The van der Waals surface area contributed by atoms with Gasteiger partial charge in [0.15, 0.2) is 0 Å². The van der Waals surface area contributed by atoms with Crippen LogP contribution in [0.2, 0.25) is 0 Å². The minimum absolute atomic E-state index is 0.0119. The van der Waals surface area contributed by atoms with Gasteiger partial charge in [-0.1, -0.05) is 44.2 Å². The number of benzene rings is 1. The van der Waals surface area contributed by atoms with Gasteiger partial charge in [0.05, 0.1) is 12.9 Å². The highest BCUT2D eigenvalue weighted by molar-refractivity contribution is 7.85. The maximum atomic E-state index is 11.0. The molecular formula is C13H21NO3S. The molecule has 0 bridgehead atoms. The van der Waals surface area contributed by atoms with Crippen molar-refractivity contribution in [3.8, 4) is 0 Å². The first-order valence-electron chi connectivity index (χ1n) is 6.01. The zero-order valence-corrected chi connectivity index (χ0v) is 11.9. The maximum absolute atomic E-state index is 11.0. The Morgan fingerprint density at radius 3 is 2.33 bits per heavy atom. The van der Waals surface area contributed by atoms with Gasteiger partial charge >= 0.3 is 0 Å². The third-order valence-corrected chi connectivity index (χ3v) is 2.94. The van der Waals surface area contributed by atoms with Crippen molar-refractivity contribution in [2.75, 3.05) is 12.9 Å². The number of rotatable bonds is 7. The molecule has 102 valence electrons. The summed E-state index contributed by atoms with van der Waals surface area (Å²) in [5.41, 5.74) is 1.16. The molecule has 5 heteroatoms. The molecule has 18 heavy (non-hydrogen) atoms. The molecule has 0 aliphatic rings. The van der Waals surface area contributed by atoms with Crippen molar-refractivity contribution in [1.29, 1.82) is 0 Å². The summed E-state index contributed by atoms with van der Waals surface area (Å²) >= 11 is 0. The molecule has 1 atom stereocenters. The predicted molar refractivity (Wildman–Crippen MR) is 73.0 cm³/mol. The van der Waals surface area contributed by atoms with Gasteiger partial charge in [0, 0.05) is 12.1 Å². The Labute approximate surface area is 109 Å². The lowest BCUT2D eigenvalue weighted by Gasteiger charge is -2.20. The van der Waals surface area contributed by atoms with Gasteiger partial charge < -0.3 is 5.32 Å². The first-order chi connectivity index (χ1) is 8.37. The second kappa shape index (κ2) is 6.87. The molecule has 1 N–H and O–H groups in total. The third kappa shape index (κ3) is 6.74. The van der Waals surface area contributed by atoms with Gasteiger partial charge in [-0.2, -0.15) is 8.42 Å². The molecule has 0 unspecified atom stereocenters. The Kier molecular flexibility index (Phi) is 5.78. The Balaban J connectivity index is 2.61. The van der Waals surface area contributed by atoms with Crippen molar-refractivity contribution in [3.05, 3.63) is 35.9 Å². The van der Waals surface area contributed by atoms with E-state index in [4.69, 9.17) is 4.18 Å². The highest BCUT2D eigenvalue weighted by Crippen LogP contribution is 2.05. The van der Waals surface area contributed by atoms with Crippen LogP contribution in [-0.4, -0.2) is 33.4 Å². The van der Waals surface area contributed by atoms with Gasteiger partial charge in [0.2, 0.25) is 0 Å². The Bertz CT molecular complexity index is 443. The molecule has 0 saturated carbocycles. The van der Waals surface area contributed by atoms with Crippen LogP contribution in [0.5, 0.6) is 0 Å². The minimum atomic E-state index is -3.39. The van der Waals surface area contributed by atoms with Gasteiger partial charge in [-0.3, -0.25) is 4.18 Å². The van der Waals surface area contributed by atoms with E-state index >= 15 is 0 Å². The van der Waals surface area contributed by atoms with E-state index in [2.05, 4.69) is 5.32 Å². The summed E-state index contributed by atoms with van der Waals surface area (Å²) in [6, 6.07) is 10.2. The molecule has 0 amide bonds. The van der Waals surface area contributed by atoms with E-state index in [0.29, 0.717) is 0 Å². The quantitative estimate of drug-likeness (QED) is 0.765. The fourth-order valence-corrected chi connectivity index (χ4v) is 2.15. The molecule has 0 saturated heterocycles. The van der Waals surface area contributed by atoms with Gasteiger partial charge in [-0.25, -0.2) is 0 Å². The molecule has 1 aromatic rings. The average molecular weight is 271 g/mol. The van der Waals surface area contributed by atoms with Crippen LogP contribution in [0.25, 0.3) is 0 Å². The molecule has 4 nitrogen and oxygen atoms in total. The van der Waals surface area contributed by atoms with Crippen LogP contribution in [0.4, 0.5) is 0 Å². The summed E-state index contributed by atoms with van der Waals surface area (Å²) in [4.78, 5) is 0. The van der Waals surface area contributed by atoms with Gasteiger partial charge in [0.1, 0.15) is 0 Å². The summed E-state index contributed by atoms with van der Waals surface area (Å²) in [6.07, 6.45) is 1.82. The van der Waals surface area contributed by atoms with Crippen LogP contribution in [0.1, 0.15) is 19.4 Å². The molecule has 1 rings (SSSR count). The predicted octanol–water partition coefficient (Wildman–Crippen LogP) is 1.57. The molecule has 0 fully saturated rings. The largest absolute Gasteiger partial charge is 0.309 e. The molecule has 1 aromatic carbocycles. The molecule has 0 heterocycles. The average Bonchev–Trinajstić information content (AvgIpc) is 2.25. The number of hydrogen-bond donors (Lipinski definition) is 1. The highest BCUT2D eigenvalue weighted by atomic mass is 32.2. The lowest BCUT2D eigenvalue weighted by Crippen LogP contribution is -2.40. The summed E-state index contributed by atoms with van der Waals surface area (Å²) < 4.78 is 26.9. The fourth-order valence-electron chi connectivity index (χ4n) is 1.74.